The predicted molar refractivity (Wildman–Crippen MR) is 122 cm³/mol. The van der Waals surface area contributed by atoms with Gasteiger partial charge in [-0.15, -0.1) is 5.10 Å². The molecule has 1 N–H and O–H groups in total. The minimum Gasteiger partial charge on any atom is -0.497 e. The number of aryl methyl sites for hydroxylation is 1. The van der Waals surface area contributed by atoms with Crippen molar-refractivity contribution >= 4 is 10.9 Å². The molecule has 4 aromatic rings. The number of hydrogen-bond donors (Lipinski definition) is 1. The molecular formula is C24H26N6O2. The van der Waals surface area contributed by atoms with E-state index in [0.717, 1.165) is 53.7 Å². The van der Waals surface area contributed by atoms with Gasteiger partial charge in [-0.3, -0.25) is 9.69 Å². The van der Waals surface area contributed by atoms with Gasteiger partial charge in [-0.1, -0.05) is 30.3 Å². The van der Waals surface area contributed by atoms with Crippen LogP contribution in [0.5, 0.6) is 5.75 Å². The maximum atomic E-state index is 13.2. The Morgan fingerprint density at radius 2 is 1.91 bits per heavy atom. The number of benzene rings is 2. The zero-order valence-corrected chi connectivity index (χ0v) is 18.3. The molecule has 1 aliphatic rings. The average molecular weight is 431 g/mol. The van der Waals surface area contributed by atoms with E-state index in [1.807, 2.05) is 55.5 Å². The van der Waals surface area contributed by atoms with E-state index in [0.29, 0.717) is 17.9 Å². The SMILES string of the molecule is COc1ccc(Cn2nnnc2[C@H](c2cc3cccc(C)c3[nH]c2=O)N2CCCC2)cc1. The van der Waals surface area contributed by atoms with Gasteiger partial charge in [-0.05, 0) is 78.0 Å². The van der Waals surface area contributed by atoms with Crippen LogP contribution in [0.2, 0.25) is 0 Å². The van der Waals surface area contributed by atoms with Crippen LogP contribution in [0, 0.1) is 6.92 Å². The summed E-state index contributed by atoms with van der Waals surface area (Å²) >= 11 is 0. The van der Waals surface area contributed by atoms with Crippen molar-refractivity contribution in [2.45, 2.75) is 32.4 Å². The number of likely N-dealkylation sites (tertiary alicyclic amines) is 1. The highest BCUT2D eigenvalue weighted by molar-refractivity contribution is 5.82. The first-order valence-electron chi connectivity index (χ1n) is 10.9. The number of rotatable bonds is 6. The molecule has 0 spiro atoms. The van der Waals surface area contributed by atoms with Gasteiger partial charge in [-0.25, -0.2) is 4.68 Å². The lowest BCUT2D eigenvalue weighted by Gasteiger charge is -2.26. The van der Waals surface area contributed by atoms with Gasteiger partial charge in [0.2, 0.25) is 0 Å². The standard InChI is InChI=1S/C24H26N6O2/c1-16-6-5-7-18-14-20(24(31)25-21(16)18)22(29-12-3-4-13-29)23-26-27-28-30(23)15-17-8-10-19(32-2)11-9-17/h5-11,14,22H,3-4,12-13,15H2,1-2H3,(H,25,31)/t22-/m0/s1. The molecule has 2 aromatic heterocycles. The van der Waals surface area contributed by atoms with Crippen LogP contribution >= 0.6 is 0 Å². The van der Waals surface area contributed by atoms with Gasteiger partial charge in [0.1, 0.15) is 11.8 Å². The molecule has 8 nitrogen and oxygen atoms in total. The van der Waals surface area contributed by atoms with Crippen molar-refractivity contribution in [2.75, 3.05) is 20.2 Å². The van der Waals surface area contributed by atoms with Crippen LogP contribution in [-0.4, -0.2) is 50.3 Å². The Morgan fingerprint density at radius 1 is 1.12 bits per heavy atom. The number of nitrogens with one attached hydrogen (secondary N) is 1. The molecule has 0 bridgehead atoms. The molecule has 32 heavy (non-hydrogen) atoms. The van der Waals surface area contributed by atoms with Crippen LogP contribution < -0.4 is 10.3 Å². The molecule has 0 radical (unpaired) electrons. The molecule has 2 aromatic carbocycles. The number of pyridine rings is 1. The second-order valence-corrected chi connectivity index (χ2v) is 8.28. The fraction of sp³-hybridized carbons (Fsp3) is 0.333. The number of aromatic amines is 1. The molecule has 3 heterocycles. The fourth-order valence-corrected chi connectivity index (χ4v) is 4.53. The van der Waals surface area contributed by atoms with Crippen molar-refractivity contribution in [3.05, 3.63) is 81.4 Å². The number of hydrogen-bond acceptors (Lipinski definition) is 6. The van der Waals surface area contributed by atoms with Gasteiger partial charge >= 0.3 is 0 Å². The van der Waals surface area contributed by atoms with E-state index in [-0.39, 0.29) is 11.6 Å². The highest BCUT2D eigenvalue weighted by Gasteiger charge is 2.32. The lowest BCUT2D eigenvalue weighted by atomic mass is 10.0. The van der Waals surface area contributed by atoms with E-state index in [1.54, 1.807) is 11.8 Å². The van der Waals surface area contributed by atoms with Crippen molar-refractivity contribution in [3.8, 4) is 5.75 Å². The molecule has 1 aliphatic heterocycles. The minimum absolute atomic E-state index is 0.0947. The number of aromatic nitrogens is 5. The molecule has 1 fully saturated rings. The summed E-state index contributed by atoms with van der Waals surface area (Å²) in [4.78, 5) is 18.7. The second-order valence-electron chi connectivity index (χ2n) is 8.28. The lowest BCUT2D eigenvalue weighted by molar-refractivity contribution is 0.263. The van der Waals surface area contributed by atoms with Crippen molar-refractivity contribution in [1.82, 2.24) is 30.1 Å². The summed E-state index contributed by atoms with van der Waals surface area (Å²) in [5, 5.41) is 13.6. The molecule has 5 rings (SSSR count). The number of nitrogens with zero attached hydrogens (tertiary/aromatic N) is 5. The normalized spacial score (nSPS) is 15.3. The fourth-order valence-electron chi connectivity index (χ4n) is 4.53. The van der Waals surface area contributed by atoms with Crippen LogP contribution in [0.1, 0.15) is 41.4 Å². The second kappa shape index (κ2) is 8.55. The van der Waals surface area contributed by atoms with Crippen molar-refractivity contribution in [1.29, 1.82) is 0 Å². The Bertz CT molecular complexity index is 1290. The van der Waals surface area contributed by atoms with Crippen molar-refractivity contribution < 1.29 is 4.74 Å². The summed E-state index contributed by atoms with van der Waals surface area (Å²) < 4.78 is 7.05. The maximum absolute atomic E-state index is 13.2. The van der Waals surface area contributed by atoms with E-state index >= 15 is 0 Å². The van der Waals surface area contributed by atoms with Gasteiger partial charge in [0, 0.05) is 5.56 Å². The Labute approximate surface area is 185 Å². The molecular weight excluding hydrogens is 404 g/mol. The Balaban J connectivity index is 1.58. The molecule has 1 saturated heterocycles. The van der Waals surface area contributed by atoms with E-state index in [2.05, 4.69) is 25.4 Å². The van der Waals surface area contributed by atoms with Crippen LogP contribution in [0.4, 0.5) is 0 Å². The zero-order valence-electron chi connectivity index (χ0n) is 18.3. The first-order valence-corrected chi connectivity index (χ1v) is 10.9. The van der Waals surface area contributed by atoms with Gasteiger partial charge in [0.15, 0.2) is 5.82 Å². The number of tetrazole rings is 1. The molecule has 164 valence electrons. The zero-order chi connectivity index (χ0) is 22.1. The van der Waals surface area contributed by atoms with Crippen molar-refractivity contribution in [3.63, 3.8) is 0 Å². The summed E-state index contributed by atoms with van der Waals surface area (Å²) in [6.07, 6.45) is 2.20. The quantitative estimate of drug-likeness (QED) is 0.506. The molecule has 0 amide bonds. The summed E-state index contributed by atoms with van der Waals surface area (Å²) in [7, 11) is 1.65. The summed E-state index contributed by atoms with van der Waals surface area (Å²) in [6.45, 7) is 4.34. The third-order valence-electron chi connectivity index (χ3n) is 6.21. The van der Waals surface area contributed by atoms with Crippen LogP contribution in [0.25, 0.3) is 10.9 Å². The number of fused-ring (bicyclic) bond motifs is 1. The Morgan fingerprint density at radius 3 is 2.66 bits per heavy atom. The average Bonchev–Trinajstić information content (AvgIpc) is 3.49. The third-order valence-corrected chi connectivity index (χ3v) is 6.21. The van der Waals surface area contributed by atoms with Gasteiger partial charge in [-0.2, -0.15) is 0 Å². The Hall–Kier alpha value is -3.52. The molecule has 0 saturated carbocycles. The summed E-state index contributed by atoms with van der Waals surface area (Å²) in [5.74, 6) is 1.49. The van der Waals surface area contributed by atoms with Crippen LogP contribution in [0.3, 0.4) is 0 Å². The van der Waals surface area contributed by atoms with E-state index < -0.39 is 0 Å². The van der Waals surface area contributed by atoms with Gasteiger partial charge < -0.3 is 9.72 Å². The van der Waals surface area contributed by atoms with Crippen LogP contribution in [0.15, 0.2) is 53.3 Å². The molecule has 8 heteroatoms. The maximum Gasteiger partial charge on any atom is 0.253 e. The molecule has 1 atom stereocenters. The topological polar surface area (TPSA) is 88.9 Å². The largest absolute Gasteiger partial charge is 0.497 e. The monoisotopic (exact) mass is 430 g/mol. The lowest BCUT2D eigenvalue weighted by Crippen LogP contribution is -2.33. The summed E-state index contributed by atoms with van der Waals surface area (Å²) in [5.41, 5.74) is 3.56. The third kappa shape index (κ3) is 3.78. The van der Waals surface area contributed by atoms with Crippen LogP contribution in [-0.2, 0) is 6.54 Å². The number of ether oxygens (including phenoxy) is 1. The molecule has 0 unspecified atom stereocenters. The number of para-hydroxylation sites is 1. The molecule has 0 aliphatic carbocycles. The van der Waals surface area contributed by atoms with E-state index in [4.69, 9.17) is 4.74 Å². The van der Waals surface area contributed by atoms with E-state index in [9.17, 15) is 4.79 Å². The highest BCUT2D eigenvalue weighted by Crippen LogP contribution is 2.30. The number of H-pyrrole nitrogens is 1. The first kappa shape index (κ1) is 20.4. The van der Waals surface area contributed by atoms with Crippen molar-refractivity contribution in [2.24, 2.45) is 0 Å². The summed E-state index contributed by atoms with van der Waals surface area (Å²) in [6, 6.07) is 15.6. The highest BCUT2D eigenvalue weighted by atomic mass is 16.5. The number of methoxy groups -OCH3 is 1. The smallest absolute Gasteiger partial charge is 0.253 e. The van der Waals surface area contributed by atoms with Gasteiger partial charge in [0.25, 0.3) is 5.56 Å². The van der Waals surface area contributed by atoms with Gasteiger partial charge in [0.05, 0.1) is 19.2 Å². The minimum atomic E-state index is -0.306. The Kier molecular flexibility index (Phi) is 5.45. The van der Waals surface area contributed by atoms with E-state index in [1.165, 1.54) is 0 Å². The predicted octanol–water partition coefficient (Wildman–Crippen LogP) is 3.07. The first-order chi connectivity index (χ1) is 15.6.